The third-order valence-electron chi connectivity index (χ3n) is 3.88. The third kappa shape index (κ3) is 3.66. The second-order valence-corrected chi connectivity index (χ2v) is 5.69. The molecule has 3 aromatic rings. The molecule has 1 aromatic heterocycles. The minimum absolute atomic E-state index is 0.0304. The van der Waals surface area contributed by atoms with Gasteiger partial charge in [-0.25, -0.2) is 0 Å². The minimum atomic E-state index is -4.54. The molecular weight excluding hydrogens is 363 g/mol. The summed E-state index contributed by atoms with van der Waals surface area (Å²) in [7, 11) is 0. The lowest BCUT2D eigenvalue weighted by molar-refractivity contribution is -0.137. The molecule has 3 rings (SSSR count). The Morgan fingerprint density at radius 3 is 2.30 bits per heavy atom. The Morgan fingerprint density at radius 2 is 1.70 bits per heavy atom. The summed E-state index contributed by atoms with van der Waals surface area (Å²) >= 11 is 0. The highest BCUT2D eigenvalue weighted by molar-refractivity contribution is 6.06. The van der Waals surface area contributed by atoms with Gasteiger partial charge in [0.15, 0.2) is 0 Å². The summed E-state index contributed by atoms with van der Waals surface area (Å²) in [4.78, 5) is 38.3. The number of aromatic nitrogens is 1. The van der Waals surface area contributed by atoms with E-state index in [0.29, 0.717) is 5.69 Å². The van der Waals surface area contributed by atoms with E-state index in [2.05, 4.69) is 10.3 Å². The summed E-state index contributed by atoms with van der Waals surface area (Å²) < 4.78 is 38.3. The Bertz CT molecular complexity index is 1100. The van der Waals surface area contributed by atoms with E-state index in [9.17, 15) is 27.6 Å². The molecule has 4 N–H and O–H groups in total. The van der Waals surface area contributed by atoms with Crippen molar-refractivity contribution in [2.75, 3.05) is 5.32 Å². The van der Waals surface area contributed by atoms with Crippen LogP contribution in [0, 0.1) is 0 Å². The summed E-state index contributed by atoms with van der Waals surface area (Å²) in [6.07, 6.45) is -3.49. The van der Waals surface area contributed by atoms with Crippen molar-refractivity contribution in [1.82, 2.24) is 4.98 Å². The van der Waals surface area contributed by atoms with Crippen LogP contribution in [-0.2, 0) is 6.18 Å². The monoisotopic (exact) mass is 375 g/mol. The number of benzene rings is 2. The van der Waals surface area contributed by atoms with Gasteiger partial charge in [-0.3, -0.25) is 14.4 Å². The quantitative estimate of drug-likeness (QED) is 0.655. The SMILES string of the molecule is NC(=O)c1ccc(NC(=O)c2c[nH]c3cc(C(F)(F)F)ccc3c2=O)cc1. The number of carbonyl (C=O) groups is 2. The van der Waals surface area contributed by atoms with Crippen molar-refractivity contribution in [3.63, 3.8) is 0 Å². The number of hydrogen-bond donors (Lipinski definition) is 3. The number of amides is 2. The van der Waals surface area contributed by atoms with E-state index in [-0.39, 0.29) is 22.0 Å². The lowest BCUT2D eigenvalue weighted by atomic mass is 10.1. The second kappa shape index (κ2) is 6.60. The number of nitrogens with two attached hydrogens (primary N) is 1. The van der Waals surface area contributed by atoms with Crippen molar-refractivity contribution >= 4 is 28.4 Å². The predicted octanol–water partition coefficient (Wildman–Crippen LogP) is 2.90. The first-order valence-electron chi connectivity index (χ1n) is 7.60. The van der Waals surface area contributed by atoms with Crippen LogP contribution in [0.5, 0.6) is 0 Å². The number of nitrogens with one attached hydrogen (secondary N) is 2. The van der Waals surface area contributed by atoms with Crippen LogP contribution < -0.4 is 16.5 Å². The summed E-state index contributed by atoms with van der Waals surface area (Å²) in [6, 6.07) is 8.28. The molecule has 0 aliphatic carbocycles. The number of anilines is 1. The molecule has 0 spiro atoms. The largest absolute Gasteiger partial charge is 0.416 e. The van der Waals surface area contributed by atoms with Crippen molar-refractivity contribution in [3.8, 4) is 0 Å². The van der Waals surface area contributed by atoms with Crippen LogP contribution in [0.25, 0.3) is 10.9 Å². The van der Waals surface area contributed by atoms with E-state index in [1.807, 2.05) is 0 Å². The molecule has 9 heteroatoms. The van der Waals surface area contributed by atoms with Gasteiger partial charge in [0.25, 0.3) is 5.91 Å². The number of pyridine rings is 1. The fourth-order valence-corrected chi connectivity index (χ4v) is 2.48. The van der Waals surface area contributed by atoms with Crippen molar-refractivity contribution < 1.29 is 22.8 Å². The molecule has 0 aliphatic rings. The topological polar surface area (TPSA) is 105 Å². The first-order valence-corrected chi connectivity index (χ1v) is 7.60. The summed E-state index contributed by atoms with van der Waals surface area (Å²) in [5.74, 6) is -1.37. The van der Waals surface area contributed by atoms with Gasteiger partial charge in [0.2, 0.25) is 11.3 Å². The zero-order valence-electron chi connectivity index (χ0n) is 13.6. The lowest BCUT2D eigenvalue weighted by Crippen LogP contribution is -2.22. The Labute approximate surface area is 149 Å². The van der Waals surface area contributed by atoms with Crippen LogP contribution in [0.2, 0.25) is 0 Å². The van der Waals surface area contributed by atoms with Crippen LogP contribution in [0.15, 0.2) is 53.5 Å². The fourth-order valence-electron chi connectivity index (χ4n) is 2.48. The fraction of sp³-hybridized carbons (Fsp3) is 0.0556. The van der Waals surface area contributed by atoms with Gasteiger partial charge in [-0.1, -0.05) is 0 Å². The Hall–Kier alpha value is -3.62. The first-order chi connectivity index (χ1) is 12.7. The molecule has 0 fully saturated rings. The van der Waals surface area contributed by atoms with E-state index in [4.69, 9.17) is 5.73 Å². The highest BCUT2D eigenvalue weighted by Gasteiger charge is 2.30. The standard InChI is InChI=1S/C18H12F3N3O3/c19-18(20,21)10-3-6-12-14(7-10)23-8-13(15(12)25)17(27)24-11-4-1-9(2-5-11)16(22)26/h1-8H,(H2,22,26)(H,23,25)(H,24,27). The molecule has 138 valence electrons. The van der Waals surface area contributed by atoms with Gasteiger partial charge in [-0.2, -0.15) is 13.2 Å². The Kier molecular flexibility index (Phi) is 4.44. The molecule has 0 unspecified atom stereocenters. The maximum atomic E-state index is 12.8. The van der Waals surface area contributed by atoms with Crippen LogP contribution in [-0.4, -0.2) is 16.8 Å². The number of aromatic amines is 1. The van der Waals surface area contributed by atoms with Gasteiger partial charge >= 0.3 is 6.18 Å². The minimum Gasteiger partial charge on any atom is -0.366 e. The highest BCUT2D eigenvalue weighted by atomic mass is 19.4. The maximum Gasteiger partial charge on any atom is 0.416 e. The van der Waals surface area contributed by atoms with Gasteiger partial charge in [0.05, 0.1) is 5.56 Å². The van der Waals surface area contributed by atoms with E-state index >= 15 is 0 Å². The first kappa shape index (κ1) is 18.2. The van der Waals surface area contributed by atoms with Gasteiger partial charge in [-0.05, 0) is 42.5 Å². The summed E-state index contributed by atoms with van der Waals surface area (Å²) in [5.41, 5.74) is 3.78. The van der Waals surface area contributed by atoms with Crippen LogP contribution in [0.4, 0.5) is 18.9 Å². The Morgan fingerprint density at radius 1 is 1.04 bits per heavy atom. The Balaban J connectivity index is 1.92. The average Bonchev–Trinajstić information content (AvgIpc) is 2.61. The lowest BCUT2D eigenvalue weighted by Gasteiger charge is -2.09. The number of fused-ring (bicyclic) bond motifs is 1. The van der Waals surface area contributed by atoms with Crippen LogP contribution in [0.3, 0.4) is 0 Å². The van der Waals surface area contributed by atoms with E-state index < -0.39 is 29.0 Å². The van der Waals surface area contributed by atoms with Gasteiger partial charge in [0.1, 0.15) is 5.56 Å². The maximum absolute atomic E-state index is 12.8. The van der Waals surface area contributed by atoms with Crippen LogP contribution in [0.1, 0.15) is 26.3 Å². The summed E-state index contributed by atoms with van der Waals surface area (Å²) in [5, 5.41) is 2.43. The second-order valence-electron chi connectivity index (χ2n) is 5.69. The molecule has 2 amide bonds. The van der Waals surface area contributed by atoms with Crippen molar-refractivity contribution in [1.29, 1.82) is 0 Å². The molecule has 0 saturated carbocycles. The predicted molar refractivity (Wildman–Crippen MR) is 92.5 cm³/mol. The highest BCUT2D eigenvalue weighted by Crippen LogP contribution is 2.30. The average molecular weight is 375 g/mol. The molecule has 2 aromatic carbocycles. The number of rotatable bonds is 3. The van der Waals surface area contributed by atoms with Gasteiger partial charge < -0.3 is 16.0 Å². The van der Waals surface area contributed by atoms with Crippen molar-refractivity contribution in [2.45, 2.75) is 6.18 Å². The summed E-state index contributed by atoms with van der Waals surface area (Å²) in [6.45, 7) is 0. The molecule has 0 aliphatic heterocycles. The molecule has 0 atom stereocenters. The molecule has 0 radical (unpaired) electrons. The smallest absolute Gasteiger partial charge is 0.366 e. The van der Waals surface area contributed by atoms with Crippen LogP contribution >= 0.6 is 0 Å². The molecular formula is C18H12F3N3O3. The van der Waals surface area contributed by atoms with Gasteiger partial charge in [0, 0.05) is 28.4 Å². The normalized spacial score (nSPS) is 11.4. The molecule has 0 bridgehead atoms. The molecule has 6 nitrogen and oxygen atoms in total. The molecule has 0 saturated heterocycles. The van der Waals surface area contributed by atoms with E-state index in [1.54, 1.807) is 0 Å². The number of halogens is 3. The molecule has 1 heterocycles. The number of carbonyl (C=O) groups excluding carboxylic acids is 2. The van der Waals surface area contributed by atoms with Crippen molar-refractivity contribution in [2.24, 2.45) is 5.73 Å². The zero-order chi connectivity index (χ0) is 19.8. The zero-order valence-corrected chi connectivity index (χ0v) is 13.6. The van der Waals surface area contributed by atoms with Gasteiger partial charge in [-0.15, -0.1) is 0 Å². The number of H-pyrrole nitrogens is 1. The van der Waals surface area contributed by atoms with E-state index in [0.717, 1.165) is 24.4 Å². The number of hydrogen-bond acceptors (Lipinski definition) is 3. The van der Waals surface area contributed by atoms with E-state index in [1.165, 1.54) is 24.3 Å². The third-order valence-corrected chi connectivity index (χ3v) is 3.88. The number of primary amides is 1. The van der Waals surface area contributed by atoms with Crippen molar-refractivity contribution in [3.05, 3.63) is 75.6 Å². The number of alkyl halides is 3. The molecule has 27 heavy (non-hydrogen) atoms.